The van der Waals surface area contributed by atoms with E-state index < -0.39 is 0 Å². The Morgan fingerprint density at radius 1 is 1.06 bits per heavy atom. The largest absolute Gasteiger partial charge is 0.508 e. The lowest BCUT2D eigenvalue weighted by Gasteiger charge is -2.39. The Hall–Kier alpha value is -2.13. The molecule has 0 bridgehead atoms. The van der Waals surface area contributed by atoms with E-state index in [-0.39, 0.29) is 17.0 Å². The molecule has 194 valence electrons. The van der Waals surface area contributed by atoms with Gasteiger partial charge in [-0.25, -0.2) is 4.98 Å². The van der Waals surface area contributed by atoms with Gasteiger partial charge in [0.1, 0.15) is 5.75 Å². The van der Waals surface area contributed by atoms with Crippen molar-refractivity contribution >= 4 is 39.1 Å². The third-order valence-corrected chi connectivity index (χ3v) is 8.39. The van der Waals surface area contributed by atoms with Crippen LogP contribution < -0.4 is 10.6 Å². The number of rotatable bonds is 8. The van der Waals surface area contributed by atoms with Crippen molar-refractivity contribution in [1.82, 2.24) is 14.8 Å². The Morgan fingerprint density at radius 3 is 2.56 bits per heavy atom. The number of halogens is 1. The monoisotopic (exact) mass is 571 g/mol. The van der Waals surface area contributed by atoms with E-state index in [0.717, 1.165) is 68.4 Å². The van der Waals surface area contributed by atoms with Crippen LogP contribution in [0.25, 0.3) is 11.1 Å². The first-order valence-corrected chi connectivity index (χ1v) is 13.8. The van der Waals surface area contributed by atoms with Crippen molar-refractivity contribution in [3.63, 3.8) is 0 Å². The van der Waals surface area contributed by atoms with Gasteiger partial charge in [-0.2, -0.15) is 0 Å². The SMILES string of the molecule is Br.CCCN(CCN1CCN(c2ccc(-c3cccc(O)c3)cc2)CC1)[C@H]1CCc2nc(N)sc2C1. The number of hydrogen-bond donors (Lipinski definition) is 2. The second-order valence-corrected chi connectivity index (χ2v) is 10.9. The Bertz CT molecular complexity index is 1110. The lowest BCUT2D eigenvalue weighted by molar-refractivity contribution is 0.146. The van der Waals surface area contributed by atoms with Gasteiger partial charge in [-0.05, 0) is 67.6 Å². The number of aromatic hydroxyl groups is 1. The van der Waals surface area contributed by atoms with Crippen LogP contribution in [0.3, 0.4) is 0 Å². The first kappa shape index (κ1) is 26.9. The summed E-state index contributed by atoms with van der Waals surface area (Å²) in [5.41, 5.74) is 10.7. The molecule has 1 aromatic heterocycles. The third kappa shape index (κ3) is 6.40. The second-order valence-electron chi connectivity index (χ2n) is 9.78. The number of aromatic nitrogens is 1. The van der Waals surface area contributed by atoms with E-state index in [1.165, 1.54) is 35.6 Å². The molecule has 2 aliphatic rings. The second kappa shape index (κ2) is 12.4. The predicted octanol–water partition coefficient (Wildman–Crippen LogP) is 5.07. The summed E-state index contributed by atoms with van der Waals surface area (Å²) >= 11 is 1.69. The maximum atomic E-state index is 9.76. The van der Waals surface area contributed by atoms with Crippen LogP contribution in [0.4, 0.5) is 10.8 Å². The van der Waals surface area contributed by atoms with E-state index >= 15 is 0 Å². The maximum absolute atomic E-state index is 9.76. The molecule has 1 aliphatic heterocycles. The Balaban J connectivity index is 0.00000304. The summed E-state index contributed by atoms with van der Waals surface area (Å²) in [6, 6.07) is 16.8. The average molecular weight is 573 g/mol. The van der Waals surface area contributed by atoms with Crippen LogP contribution in [0.5, 0.6) is 5.75 Å². The van der Waals surface area contributed by atoms with Crippen LogP contribution in [0.15, 0.2) is 48.5 Å². The minimum atomic E-state index is 0. The first-order valence-electron chi connectivity index (χ1n) is 12.9. The molecule has 2 heterocycles. The quantitative estimate of drug-likeness (QED) is 0.393. The Morgan fingerprint density at radius 2 is 1.83 bits per heavy atom. The molecule has 3 aromatic rings. The van der Waals surface area contributed by atoms with Crippen LogP contribution >= 0.6 is 28.3 Å². The van der Waals surface area contributed by atoms with Crippen molar-refractivity contribution in [2.24, 2.45) is 0 Å². The highest BCUT2D eigenvalue weighted by atomic mass is 79.9. The number of benzene rings is 2. The van der Waals surface area contributed by atoms with E-state index in [2.05, 4.69) is 50.9 Å². The number of phenols is 1. The van der Waals surface area contributed by atoms with E-state index in [4.69, 9.17) is 5.73 Å². The fourth-order valence-electron chi connectivity index (χ4n) is 5.50. The van der Waals surface area contributed by atoms with Gasteiger partial charge < -0.3 is 15.7 Å². The molecule has 5 rings (SSSR count). The molecule has 1 aliphatic carbocycles. The van der Waals surface area contributed by atoms with Crippen LogP contribution in [0.2, 0.25) is 0 Å². The van der Waals surface area contributed by atoms with Gasteiger partial charge in [-0.15, -0.1) is 28.3 Å². The summed E-state index contributed by atoms with van der Waals surface area (Å²) in [4.78, 5) is 13.8. The summed E-state index contributed by atoms with van der Waals surface area (Å²) in [7, 11) is 0. The molecule has 1 atom stereocenters. The number of phenolic OH excluding ortho intramolecular Hbond substituents is 1. The highest BCUT2D eigenvalue weighted by molar-refractivity contribution is 8.93. The lowest BCUT2D eigenvalue weighted by atomic mass is 9.96. The number of piperazine rings is 1. The topological polar surface area (TPSA) is 68.9 Å². The fraction of sp³-hybridized carbons (Fsp3) is 0.464. The normalized spacial score (nSPS) is 18.2. The highest BCUT2D eigenvalue weighted by Gasteiger charge is 2.27. The number of thiazole rings is 1. The third-order valence-electron chi connectivity index (χ3n) is 7.45. The van der Waals surface area contributed by atoms with Crippen LogP contribution in [0.1, 0.15) is 30.3 Å². The van der Waals surface area contributed by atoms with Gasteiger partial charge in [0.05, 0.1) is 5.69 Å². The van der Waals surface area contributed by atoms with E-state index in [9.17, 15) is 5.11 Å². The van der Waals surface area contributed by atoms with Crippen LogP contribution in [-0.4, -0.2) is 71.7 Å². The van der Waals surface area contributed by atoms with Crippen molar-refractivity contribution < 1.29 is 5.11 Å². The zero-order valence-electron chi connectivity index (χ0n) is 21.1. The van der Waals surface area contributed by atoms with Gasteiger partial charge >= 0.3 is 0 Å². The number of nitrogen functional groups attached to an aromatic ring is 1. The molecule has 2 aromatic carbocycles. The maximum Gasteiger partial charge on any atom is 0.180 e. The van der Waals surface area contributed by atoms with Gasteiger partial charge in [0, 0.05) is 55.9 Å². The average Bonchev–Trinajstić information content (AvgIpc) is 3.26. The van der Waals surface area contributed by atoms with Gasteiger partial charge in [0.2, 0.25) is 0 Å². The van der Waals surface area contributed by atoms with Crippen LogP contribution in [0, 0.1) is 0 Å². The minimum Gasteiger partial charge on any atom is -0.508 e. The number of anilines is 2. The summed E-state index contributed by atoms with van der Waals surface area (Å²) in [5, 5.41) is 10.5. The molecular formula is C28H38BrN5OS. The first-order chi connectivity index (χ1) is 17.1. The van der Waals surface area contributed by atoms with Gasteiger partial charge in [-0.3, -0.25) is 9.80 Å². The number of aryl methyl sites for hydroxylation is 1. The summed E-state index contributed by atoms with van der Waals surface area (Å²) in [6.07, 6.45) is 4.57. The zero-order chi connectivity index (χ0) is 24.2. The molecule has 8 heteroatoms. The zero-order valence-corrected chi connectivity index (χ0v) is 23.6. The molecule has 0 saturated carbocycles. The molecule has 0 amide bonds. The number of hydrogen-bond acceptors (Lipinski definition) is 7. The molecular weight excluding hydrogens is 534 g/mol. The summed E-state index contributed by atoms with van der Waals surface area (Å²) < 4.78 is 0. The molecule has 0 spiro atoms. The predicted molar refractivity (Wildman–Crippen MR) is 157 cm³/mol. The molecule has 36 heavy (non-hydrogen) atoms. The smallest absolute Gasteiger partial charge is 0.180 e. The van der Waals surface area contributed by atoms with E-state index in [1.54, 1.807) is 17.4 Å². The van der Waals surface area contributed by atoms with Crippen molar-refractivity contribution in [3.8, 4) is 16.9 Å². The van der Waals surface area contributed by atoms with Gasteiger partial charge in [0.25, 0.3) is 0 Å². The highest BCUT2D eigenvalue weighted by Crippen LogP contribution is 2.30. The Kier molecular flexibility index (Phi) is 9.28. The number of nitrogens with two attached hydrogens (primary N) is 1. The van der Waals surface area contributed by atoms with Crippen molar-refractivity contribution in [2.45, 2.75) is 38.6 Å². The molecule has 0 radical (unpaired) electrons. The van der Waals surface area contributed by atoms with Crippen LogP contribution in [-0.2, 0) is 12.8 Å². The molecule has 0 unspecified atom stereocenters. The van der Waals surface area contributed by atoms with Crippen molar-refractivity contribution in [1.29, 1.82) is 0 Å². The molecule has 1 fully saturated rings. The van der Waals surface area contributed by atoms with Gasteiger partial charge in [0.15, 0.2) is 5.13 Å². The van der Waals surface area contributed by atoms with E-state index in [1.807, 2.05) is 18.2 Å². The Labute approximate surface area is 229 Å². The fourth-order valence-corrected chi connectivity index (χ4v) is 6.45. The number of fused-ring (bicyclic) bond motifs is 1. The summed E-state index contributed by atoms with van der Waals surface area (Å²) in [5.74, 6) is 0.307. The van der Waals surface area contributed by atoms with Gasteiger partial charge in [-0.1, -0.05) is 31.2 Å². The van der Waals surface area contributed by atoms with Crippen molar-refractivity contribution in [2.75, 3.05) is 56.4 Å². The van der Waals surface area contributed by atoms with E-state index in [0.29, 0.717) is 11.8 Å². The van der Waals surface area contributed by atoms with Crippen molar-refractivity contribution in [3.05, 3.63) is 59.1 Å². The molecule has 1 saturated heterocycles. The summed E-state index contributed by atoms with van der Waals surface area (Å²) in [6.45, 7) is 10.1. The standard InChI is InChI=1S/C28H37N5OS.BrH/c1-2-12-32(24-10-11-26-27(20-24)35-28(29)30-26)16-13-31-14-17-33(18-15-31)23-8-6-21(7-9-23)22-4-3-5-25(34)19-22;/h3-9,19,24,34H,2,10-18,20H2,1H3,(H2,29,30);1H/t24-;/m0./s1. The molecule has 3 N–H and O–H groups in total. The number of nitrogens with zero attached hydrogens (tertiary/aromatic N) is 4. The lowest BCUT2D eigenvalue weighted by Crippen LogP contribution is -2.50. The molecule has 6 nitrogen and oxygen atoms in total. The minimum absolute atomic E-state index is 0.